The molecule has 0 spiro atoms. The first-order valence-electron chi connectivity index (χ1n) is 11.9. The summed E-state index contributed by atoms with van der Waals surface area (Å²) in [6, 6.07) is 34.3. The van der Waals surface area contributed by atoms with Gasteiger partial charge in [-0.05, 0) is 0 Å². The van der Waals surface area contributed by atoms with Crippen molar-refractivity contribution in [1.82, 2.24) is 0 Å². The Morgan fingerprint density at radius 3 is 1.00 bits per heavy atom. The number of hydrogen-bond acceptors (Lipinski definition) is 0. The molecule has 4 heteroatoms. The van der Waals surface area contributed by atoms with Crippen molar-refractivity contribution in [2.24, 2.45) is 0 Å². The minimum Gasteiger partial charge on any atom is -1.00 e. The number of halogens is 2. The molecular formula is C32H41Cl2SiZr. The standard InChI is InChI=1S/C12H11Si.2C10H15.2ClH.Zr/c1-3-7-11(8-4-1)13-12-9-5-2-6-10-12;2*1-8-6-5-7-9(8)10(2,3)4;;;/h1-10,13H;2*5-7H,1-4H3;2*1H;/q;2*-1;;;+4/p-2. The van der Waals surface area contributed by atoms with Gasteiger partial charge in [-0.15, -0.1) is 11.1 Å². The molecule has 0 bridgehead atoms. The van der Waals surface area contributed by atoms with Crippen LogP contribution < -0.4 is 35.2 Å². The average Bonchev–Trinajstić information content (AvgIpc) is 3.38. The van der Waals surface area contributed by atoms with Gasteiger partial charge in [0.05, 0.1) is 0 Å². The fraction of sp³-hybridized carbons (Fsp3) is 0.312. The van der Waals surface area contributed by atoms with E-state index in [2.05, 4.69) is 152 Å². The van der Waals surface area contributed by atoms with Crippen LogP contribution in [0.15, 0.2) is 97.1 Å². The van der Waals surface area contributed by atoms with E-state index in [1.807, 2.05) is 0 Å². The van der Waals surface area contributed by atoms with Crippen LogP contribution in [0.2, 0.25) is 0 Å². The van der Waals surface area contributed by atoms with Crippen LogP contribution in [-0.2, 0) is 37.0 Å². The molecule has 36 heavy (non-hydrogen) atoms. The molecule has 0 nitrogen and oxygen atoms in total. The van der Waals surface area contributed by atoms with E-state index < -0.39 is 0 Å². The summed E-state index contributed by atoms with van der Waals surface area (Å²) < 4.78 is 0. The van der Waals surface area contributed by atoms with Gasteiger partial charge in [0, 0.05) is 0 Å². The molecule has 0 aliphatic carbocycles. The maximum atomic E-state index is 2.25. The van der Waals surface area contributed by atoms with Crippen LogP contribution >= 0.6 is 0 Å². The van der Waals surface area contributed by atoms with E-state index in [-0.39, 0.29) is 60.5 Å². The summed E-state index contributed by atoms with van der Waals surface area (Å²) in [6.45, 7) is 17.8. The number of benzene rings is 2. The van der Waals surface area contributed by atoms with Gasteiger partial charge in [-0.2, -0.15) is 23.3 Å². The average molecular weight is 616 g/mol. The second kappa shape index (κ2) is 17.4. The Bertz CT molecular complexity index is 981. The summed E-state index contributed by atoms with van der Waals surface area (Å²) >= 11 is 0. The van der Waals surface area contributed by atoms with Gasteiger partial charge in [0.15, 0.2) is 0 Å². The number of aryl methyl sites for hydroxylation is 2. The van der Waals surface area contributed by atoms with Gasteiger partial charge in [0.2, 0.25) is 0 Å². The SMILES string of the molecule is Cc1ccc[c-]1C(C)(C)C.Cc1ccc[c-]1C(C)(C)C.[Cl-].[Cl-].[Zr+4].c1ccc([SiH]c2ccccc2)cc1. The van der Waals surface area contributed by atoms with Crippen molar-refractivity contribution < 1.29 is 51.0 Å². The van der Waals surface area contributed by atoms with Crippen LogP contribution in [0.25, 0.3) is 0 Å². The molecule has 0 unspecified atom stereocenters. The Morgan fingerprint density at radius 1 is 0.500 bits per heavy atom. The van der Waals surface area contributed by atoms with Gasteiger partial charge in [0.25, 0.3) is 0 Å². The second-order valence-corrected chi connectivity index (χ2v) is 12.3. The zero-order valence-corrected chi connectivity index (χ0v) is 28.2. The molecule has 0 heterocycles. The first-order valence-corrected chi connectivity index (χ1v) is 13.0. The number of hydrogen-bond donors (Lipinski definition) is 0. The van der Waals surface area contributed by atoms with Crippen LogP contribution in [-0.4, -0.2) is 9.52 Å². The van der Waals surface area contributed by atoms with Gasteiger partial charge < -0.3 is 24.8 Å². The van der Waals surface area contributed by atoms with Gasteiger partial charge in [-0.1, -0.05) is 137 Å². The summed E-state index contributed by atoms with van der Waals surface area (Å²) in [7, 11) is 0.271. The molecule has 0 aliphatic rings. The number of rotatable bonds is 2. The second-order valence-electron chi connectivity index (χ2n) is 10.7. The Labute approximate surface area is 254 Å². The summed E-state index contributed by atoms with van der Waals surface area (Å²) in [4.78, 5) is 0. The quantitative estimate of drug-likeness (QED) is 0.234. The van der Waals surface area contributed by atoms with E-state index in [1.165, 1.54) is 32.6 Å². The van der Waals surface area contributed by atoms with Crippen molar-refractivity contribution in [3.05, 3.63) is 119 Å². The molecule has 4 rings (SSSR count). The van der Waals surface area contributed by atoms with Gasteiger partial charge >= 0.3 is 26.2 Å². The molecule has 4 aromatic carbocycles. The molecule has 0 amide bonds. The van der Waals surface area contributed by atoms with Crippen molar-refractivity contribution in [2.45, 2.75) is 66.2 Å². The largest absolute Gasteiger partial charge is 4.00 e. The molecule has 0 aromatic heterocycles. The van der Waals surface area contributed by atoms with Gasteiger partial charge in [-0.25, -0.2) is 24.3 Å². The molecule has 0 N–H and O–H groups in total. The fourth-order valence-corrected chi connectivity index (χ4v) is 5.21. The molecule has 0 saturated heterocycles. The maximum absolute atomic E-state index is 2.25. The zero-order valence-electron chi connectivity index (χ0n) is 23.1. The van der Waals surface area contributed by atoms with E-state index >= 15 is 0 Å². The minimum absolute atomic E-state index is 0. The Hall–Kier alpha value is -1.18. The summed E-state index contributed by atoms with van der Waals surface area (Å²) in [5, 5.41) is 2.90. The topological polar surface area (TPSA) is 0 Å². The first kappa shape index (κ1) is 37.0. The van der Waals surface area contributed by atoms with Crippen molar-refractivity contribution in [1.29, 1.82) is 0 Å². The van der Waals surface area contributed by atoms with Crippen LogP contribution in [0.4, 0.5) is 0 Å². The molecule has 0 atom stereocenters. The summed E-state index contributed by atoms with van der Waals surface area (Å²) in [5.41, 5.74) is 6.38. The van der Waals surface area contributed by atoms with Crippen LogP contribution in [0, 0.1) is 13.8 Å². The molecule has 191 valence electrons. The van der Waals surface area contributed by atoms with Crippen molar-refractivity contribution in [2.75, 3.05) is 0 Å². The molecule has 0 saturated carbocycles. The third-order valence-electron chi connectivity index (χ3n) is 5.62. The smallest absolute Gasteiger partial charge is 1.00 e. The first-order chi connectivity index (χ1) is 15.5. The predicted octanol–water partition coefficient (Wildman–Crippen LogP) is 1.10. The van der Waals surface area contributed by atoms with E-state index in [1.54, 1.807) is 0 Å². The maximum Gasteiger partial charge on any atom is 4.00 e. The Kier molecular flexibility index (Phi) is 17.8. The Morgan fingerprint density at radius 2 is 0.806 bits per heavy atom. The fourth-order valence-electron chi connectivity index (χ4n) is 3.99. The third-order valence-corrected chi connectivity index (χ3v) is 7.05. The van der Waals surface area contributed by atoms with Crippen molar-refractivity contribution >= 4 is 19.9 Å². The minimum atomic E-state index is 0. The van der Waals surface area contributed by atoms with E-state index in [0.717, 1.165) is 0 Å². The summed E-state index contributed by atoms with van der Waals surface area (Å²) in [5.74, 6) is 0. The summed E-state index contributed by atoms with van der Waals surface area (Å²) in [6.07, 6.45) is 0. The van der Waals surface area contributed by atoms with Crippen LogP contribution in [0.1, 0.15) is 63.8 Å². The van der Waals surface area contributed by atoms with Crippen molar-refractivity contribution in [3.63, 3.8) is 0 Å². The van der Waals surface area contributed by atoms with Gasteiger partial charge in [0.1, 0.15) is 9.52 Å². The van der Waals surface area contributed by atoms with Crippen molar-refractivity contribution in [3.8, 4) is 0 Å². The molecule has 0 fully saturated rings. The molecule has 1 radical (unpaired) electrons. The van der Waals surface area contributed by atoms with Crippen LogP contribution in [0.5, 0.6) is 0 Å². The van der Waals surface area contributed by atoms with E-state index in [9.17, 15) is 0 Å². The molecule has 4 aromatic rings. The van der Waals surface area contributed by atoms with E-state index in [0.29, 0.717) is 10.8 Å². The van der Waals surface area contributed by atoms with E-state index in [4.69, 9.17) is 0 Å². The van der Waals surface area contributed by atoms with Gasteiger partial charge in [-0.3, -0.25) is 0 Å². The normalized spacial score (nSPS) is 10.2. The van der Waals surface area contributed by atoms with Crippen LogP contribution in [0.3, 0.4) is 0 Å². The molecular weight excluding hydrogens is 575 g/mol. The third kappa shape index (κ3) is 12.9. The Balaban J connectivity index is 0. The predicted molar refractivity (Wildman–Crippen MR) is 150 cm³/mol. The molecule has 0 aliphatic heterocycles. The zero-order chi connectivity index (χ0) is 24.5. The monoisotopic (exact) mass is 613 g/mol.